The maximum absolute atomic E-state index is 11.6. The third kappa shape index (κ3) is 4.18. The van der Waals surface area contributed by atoms with Gasteiger partial charge >= 0.3 is 0 Å². The highest BCUT2D eigenvalue weighted by atomic mass is 32.2. The molecule has 0 aliphatic carbocycles. The Labute approximate surface area is 106 Å². The van der Waals surface area contributed by atoms with Crippen LogP contribution in [0.2, 0.25) is 0 Å². The quantitative estimate of drug-likeness (QED) is 0.870. The lowest BCUT2D eigenvalue weighted by molar-refractivity contribution is -0.115. The van der Waals surface area contributed by atoms with Crippen LogP contribution < -0.4 is 5.32 Å². The molecule has 18 heavy (non-hydrogen) atoms. The Kier molecular flexibility index (Phi) is 4.86. The third-order valence-electron chi connectivity index (χ3n) is 2.40. The fourth-order valence-corrected chi connectivity index (χ4v) is 2.08. The molecule has 1 rings (SSSR count). The highest BCUT2D eigenvalue weighted by molar-refractivity contribution is 7.91. The third-order valence-corrected chi connectivity index (χ3v) is 4.11. The number of amides is 1. The van der Waals surface area contributed by atoms with Crippen LogP contribution in [0.5, 0.6) is 0 Å². The molecule has 0 saturated carbocycles. The van der Waals surface area contributed by atoms with Gasteiger partial charge in [-0.2, -0.15) is 5.26 Å². The fourth-order valence-electron chi connectivity index (χ4n) is 1.29. The van der Waals surface area contributed by atoms with Gasteiger partial charge in [0, 0.05) is 12.2 Å². The minimum Gasteiger partial charge on any atom is -0.325 e. The van der Waals surface area contributed by atoms with Crippen molar-refractivity contribution in [1.29, 1.82) is 5.26 Å². The zero-order valence-corrected chi connectivity index (χ0v) is 10.8. The summed E-state index contributed by atoms with van der Waals surface area (Å²) in [5, 5.41) is 11.4. The highest BCUT2D eigenvalue weighted by Gasteiger charge is 2.12. The van der Waals surface area contributed by atoms with Crippen LogP contribution >= 0.6 is 0 Å². The summed E-state index contributed by atoms with van der Waals surface area (Å²) in [4.78, 5) is 11.6. The van der Waals surface area contributed by atoms with Crippen LogP contribution in [0.25, 0.3) is 0 Å². The topological polar surface area (TPSA) is 87.0 Å². The first-order valence-electron chi connectivity index (χ1n) is 5.48. The summed E-state index contributed by atoms with van der Waals surface area (Å²) in [7, 11) is -3.15. The summed E-state index contributed by atoms with van der Waals surface area (Å²) in [6.07, 6.45) is -0.101. The summed E-state index contributed by atoms with van der Waals surface area (Å²) in [5.74, 6) is -0.561. The van der Waals surface area contributed by atoms with E-state index in [9.17, 15) is 13.2 Å². The van der Waals surface area contributed by atoms with Crippen molar-refractivity contribution in [2.24, 2.45) is 0 Å². The lowest BCUT2D eigenvalue weighted by Gasteiger charge is -2.06. The second-order valence-corrected chi connectivity index (χ2v) is 6.16. The van der Waals surface area contributed by atoms with Gasteiger partial charge < -0.3 is 5.32 Å². The summed E-state index contributed by atoms with van der Waals surface area (Å²) < 4.78 is 22.5. The zero-order chi connectivity index (χ0) is 13.6. The molecular formula is C12H14N2O3S. The Morgan fingerprint density at radius 3 is 2.67 bits per heavy atom. The van der Waals surface area contributed by atoms with E-state index in [2.05, 4.69) is 5.32 Å². The maximum atomic E-state index is 11.6. The number of anilines is 1. The monoisotopic (exact) mass is 266 g/mol. The van der Waals surface area contributed by atoms with Crippen LogP contribution in [0.15, 0.2) is 24.3 Å². The van der Waals surface area contributed by atoms with E-state index in [-0.39, 0.29) is 17.9 Å². The van der Waals surface area contributed by atoms with Crippen LogP contribution in [-0.2, 0) is 14.6 Å². The van der Waals surface area contributed by atoms with Crippen molar-refractivity contribution >= 4 is 21.4 Å². The molecule has 0 spiro atoms. The zero-order valence-electron chi connectivity index (χ0n) is 10.0. The van der Waals surface area contributed by atoms with Crippen molar-refractivity contribution in [3.05, 3.63) is 29.8 Å². The Bertz CT molecular complexity index is 573. The summed E-state index contributed by atoms with van der Waals surface area (Å²) >= 11 is 0. The van der Waals surface area contributed by atoms with Crippen molar-refractivity contribution in [3.8, 4) is 6.07 Å². The van der Waals surface area contributed by atoms with E-state index in [0.717, 1.165) is 0 Å². The van der Waals surface area contributed by atoms with Crippen molar-refractivity contribution in [1.82, 2.24) is 0 Å². The van der Waals surface area contributed by atoms with Gasteiger partial charge in [-0.05, 0) is 12.1 Å². The molecule has 0 bridgehead atoms. The predicted octanol–water partition coefficient (Wildman–Crippen LogP) is 1.32. The summed E-state index contributed by atoms with van der Waals surface area (Å²) in [6.45, 7) is 1.54. The number of nitrogens with zero attached hydrogens (tertiary/aromatic N) is 1. The van der Waals surface area contributed by atoms with E-state index in [0.29, 0.717) is 11.3 Å². The molecule has 96 valence electrons. The fraction of sp³-hybridized carbons (Fsp3) is 0.333. The number of nitriles is 1. The first kappa shape index (κ1) is 14.2. The Balaban J connectivity index is 2.64. The van der Waals surface area contributed by atoms with Gasteiger partial charge in [0.2, 0.25) is 5.91 Å². The van der Waals surface area contributed by atoms with E-state index in [1.165, 1.54) is 6.92 Å². The molecule has 1 N–H and O–H groups in total. The van der Waals surface area contributed by atoms with E-state index in [1.54, 1.807) is 24.3 Å². The maximum Gasteiger partial charge on any atom is 0.225 e. The molecule has 0 heterocycles. The second-order valence-electron chi connectivity index (χ2n) is 3.69. The molecule has 0 aliphatic rings. The Morgan fingerprint density at radius 1 is 1.39 bits per heavy atom. The number of carbonyl (C=O) groups excluding carboxylic acids is 1. The average molecular weight is 266 g/mol. The van der Waals surface area contributed by atoms with Gasteiger partial charge in [0.25, 0.3) is 0 Å². The number of rotatable bonds is 5. The van der Waals surface area contributed by atoms with Gasteiger partial charge in [-0.3, -0.25) is 4.79 Å². The van der Waals surface area contributed by atoms with Crippen LogP contribution in [0.3, 0.4) is 0 Å². The van der Waals surface area contributed by atoms with Gasteiger partial charge in [0.1, 0.15) is 6.07 Å². The molecule has 6 heteroatoms. The lowest BCUT2D eigenvalue weighted by Crippen LogP contribution is -2.18. The molecule has 1 aromatic rings. The number of carbonyl (C=O) groups is 1. The lowest BCUT2D eigenvalue weighted by atomic mass is 10.2. The smallest absolute Gasteiger partial charge is 0.225 e. The van der Waals surface area contributed by atoms with Gasteiger partial charge in [-0.25, -0.2) is 8.42 Å². The normalized spacial score (nSPS) is 10.7. The van der Waals surface area contributed by atoms with Gasteiger partial charge in [-0.15, -0.1) is 0 Å². The molecule has 0 radical (unpaired) electrons. The molecule has 1 aromatic carbocycles. The SMILES string of the molecule is CCS(=O)(=O)CCC(=O)Nc1ccccc1C#N. The van der Waals surface area contributed by atoms with Crippen molar-refractivity contribution in [2.45, 2.75) is 13.3 Å². The van der Waals surface area contributed by atoms with E-state index in [1.807, 2.05) is 6.07 Å². The first-order chi connectivity index (χ1) is 8.48. The van der Waals surface area contributed by atoms with Crippen LogP contribution in [0, 0.1) is 11.3 Å². The van der Waals surface area contributed by atoms with Gasteiger partial charge in [0.05, 0.1) is 17.0 Å². The van der Waals surface area contributed by atoms with Crippen molar-refractivity contribution in [2.75, 3.05) is 16.8 Å². The molecule has 0 aromatic heterocycles. The van der Waals surface area contributed by atoms with Crippen LogP contribution in [0.1, 0.15) is 18.9 Å². The number of hydrogen-bond acceptors (Lipinski definition) is 4. The Morgan fingerprint density at radius 2 is 2.06 bits per heavy atom. The first-order valence-corrected chi connectivity index (χ1v) is 7.30. The minimum absolute atomic E-state index is 0.0229. The summed E-state index contributed by atoms with van der Waals surface area (Å²) in [6, 6.07) is 8.52. The van der Waals surface area contributed by atoms with Gasteiger partial charge in [0.15, 0.2) is 9.84 Å². The molecule has 0 saturated heterocycles. The number of sulfone groups is 1. The van der Waals surface area contributed by atoms with Crippen LogP contribution in [0.4, 0.5) is 5.69 Å². The van der Waals surface area contributed by atoms with Crippen molar-refractivity contribution < 1.29 is 13.2 Å². The van der Waals surface area contributed by atoms with Gasteiger partial charge in [-0.1, -0.05) is 19.1 Å². The van der Waals surface area contributed by atoms with E-state index < -0.39 is 15.7 Å². The Hall–Kier alpha value is -1.87. The molecule has 0 atom stereocenters. The summed E-state index contributed by atoms with van der Waals surface area (Å²) in [5.41, 5.74) is 0.753. The minimum atomic E-state index is -3.15. The number of para-hydroxylation sites is 1. The van der Waals surface area contributed by atoms with E-state index in [4.69, 9.17) is 5.26 Å². The molecular weight excluding hydrogens is 252 g/mol. The second kappa shape index (κ2) is 6.17. The average Bonchev–Trinajstić information content (AvgIpc) is 2.37. The standard InChI is InChI=1S/C12H14N2O3S/c1-2-18(16,17)8-7-12(15)14-11-6-4-3-5-10(11)9-13/h3-6H,2,7-8H2,1H3,(H,14,15). The molecule has 0 fully saturated rings. The van der Waals surface area contributed by atoms with E-state index >= 15 is 0 Å². The van der Waals surface area contributed by atoms with Crippen molar-refractivity contribution in [3.63, 3.8) is 0 Å². The molecule has 5 nitrogen and oxygen atoms in total. The molecule has 0 aliphatic heterocycles. The molecule has 0 unspecified atom stereocenters. The largest absolute Gasteiger partial charge is 0.325 e. The van der Waals surface area contributed by atoms with Crippen LogP contribution in [-0.4, -0.2) is 25.8 Å². The predicted molar refractivity (Wildman–Crippen MR) is 68.7 cm³/mol. The molecule has 1 amide bonds. The highest BCUT2D eigenvalue weighted by Crippen LogP contribution is 2.13. The number of benzene rings is 1. The number of nitrogens with one attached hydrogen (secondary N) is 1. The number of hydrogen-bond donors (Lipinski definition) is 1.